The minimum atomic E-state index is -0.248. The molecular weight excluding hydrogens is 274 g/mol. The lowest BCUT2D eigenvalue weighted by Crippen LogP contribution is -2.41. The second-order valence-electron chi connectivity index (χ2n) is 4.65. The fraction of sp³-hybridized carbons (Fsp3) is 0.429. The number of nitrogens with one attached hydrogen (secondary N) is 1. The SMILES string of the molecule is Nc1ccc(C(=O)NCC(=O)N2CCCSCC2)cc1. The molecule has 0 saturated carbocycles. The van der Waals surface area contributed by atoms with Crippen LogP contribution in [0.3, 0.4) is 0 Å². The summed E-state index contributed by atoms with van der Waals surface area (Å²) in [6.07, 6.45) is 1.02. The number of hydrogen-bond donors (Lipinski definition) is 2. The molecule has 1 aromatic rings. The average Bonchev–Trinajstić information content (AvgIpc) is 2.74. The van der Waals surface area contributed by atoms with Gasteiger partial charge >= 0.3 is 0 Å². The fourth-order valence-electron chi connectivity index (χ4n) is 2.00. The number of carbonyl (C=O) groups excluding carboxylic acids is 2. The normalized spacial score (nSPS) is 15.5. The molecule has 1 saturated heterocycles. The van der Waals surface area contributed by atoms with Crippen LogP contribution in [0.1, 0.15) is 16.8 Å². The molecule has 0 spiro atoms. The summed E-state index contributed by atoms with van der Waals surface area (Å²) in [6, 6.07) is 6.64. The maximum absolute atomic E-state index is 12.0. The molecule has 2 amide bonds. The largest absolute Gasteiger partial charge is 0.399 e. The summed E-state index contributed by atoms with van der Waals surface area (Å²) in [6.45, 7) is 1.60. The predicted octanol–water partition coefficient (Wildman–Crippen LogP) is 0.964. The molecule has 1 aliphatic rings. The molecule has 0 atom stereocenters. The molecule has 0 aliphatic carbocycles. The number of rotatable bonds is 3. The number of benzene rings is 1. The lowest BCUT2D eigenvalue weighted by atomic mass is 10.2. The van der Waals surface area contributed by atoms with Crippen LogP contribution in [0.4, 0.5) is 5.69 Å². The summed E-state index contributed by atoms with van der Waals surface area (Å²) in [7, 11) is 0. The van der Waals surface area contributed by atoms with Gasteiger partial charge in [-0.1, -0.05) is 0 Å². The van der Waals surface area contributed by atoms with Gasteiger partial charge in [0.25, 0.3) is 5.91 Å². The zero-order chi connectivity index (χ0) is 14.4. The van der Waals surface area contributed by atoms with E-state index in [1.807, 2.05) is 16.7 Å². The summed E-state index contributed by atoms with van der Waals surface area (Å²) in [4.78, 5) is 25.7. The Bertz CT molecular complexity index is 468. The number of anilines is 1. The Hall–Kier alpha value is -1.69. The van der Waals surface area contributed by atoms with Crippen LogP contribution in [0.15, 0.2) is 24.3 Å². The molecule has 1 heterocycles. The third-order valence-corrected chi connectivity index (χ3v) is 4.20. The third kappa shape index (κ3) is 4.16. The Morgan fingerprint density at radius 1 is 1.20 bits per heavy atom. The number of thioether (sulfide) groups is 1. The lowest BCUT2D eigenvalue weighted by molar-refractivity contribution is -0.129. The van der Waals surface area contributed by atoms with E-state index in [1.54, 1.807) is 24.3 Å². The molecule has 3 N–H and O–H groups in total. The smallest absolute Gasteiger partial charge is 0.251 e. The summed E-state index contributed by atoms with van der Waals surface area (Å²) >= 11 is 1.87. The Labute approximate surface area is 122 Å². The molecule has 1 fully saturated rings. The molecule has 5 nitrogen and oxygen atoms in total. The van der Waals surface area contributed by atoms with E-state index in [-0.39, 0.29) is 18.4 Å². The Morgan fingerprint density at radius 2 is 1.95 bits per heavy atom. The molecule has 2 rings (SSSR count). The standard InChI is InChI=1S/C14H19N3O2S/c15-12-4-2-11(3-5-12)14(19)16-10-13(18)17-6-1-8-20-9-7-17/h2-5H,1,6-10,15H2,(H,16,19). The van der Waals surface area contributed by atoms with Crippen LogP contribution in [-0.4, -0.2) is 47.9 Å². The maximum Gasteiger partial charge on any atom is 0.251 e. The van der Waals surface area contributed by atoms with Crippen molar-refractivity contribution >= 4 is 29.3 Å². The Kier molecular flexibility index (Phi) is 5.29. The molecule has 20 heavy (non-hydrogen) atoms. The van der Waals surface area contributed by atoms with Gasteiger partial charge in [0.1, 0.15) is 0 Å². The van der Waals surface area contributed by atoms with Crippen LogP contribution in [0.2, 0.25) is 0 Å². The number of amides is 2. The van der Waals surface area contributed by atoms with Crippen molar-refractivity contribution < 1.29 is 9.59 Å². The molecule has 0 bridgehead atoms. The number of nitrogens with zero attached hydrogens (tertiary/aromatic N) is 1. The highest BCUT2D eigenvalue weighted by atomic mass is 32.2. The number of nitrogens with two attached hydrogens (primary N) is 1. The van der Waals surface area contributed by atoms with Gasteiger partial charge in [0, 0.05) is 30.1 Å². The van der Waals surface area contributed by atoms with E-state index < -0.39 is 0 Å². The van der Waals surface area contributed by atoms with Crippen molar-refractivity contribution in [1.29, 1.82) is 0 Å². The second kappa shape index (κ2) is 7.19. The maximum atomic E-state index is 12.0. The van der Waals surface area contributed by atoms with Gasteiger partial charge in [0.2, 0.25) is 5.91 Å². The van der Waals surface area contributed by atoms with Crippen molar-refractivity contribution in [2.24, 2.45) is 0 Å². The minimum Gasteiger partial charge on any atom is -0.399 e. The quantitative estimate of drug-likeness (QED) is 0.814. The molecule has 1 aliphatic heterocycles. The van der Waals surface area contributed by atoms with E-state index in [0.717, 1.165) is 31.0 Å². The zero-order valence-corrected chi connectivity index (χ0v) is 12.1. The summed E-state index contributed by atoms with van der Waals surface area (Å²) in [5.41, 5.74) is 6.69. The van der Waals surface area contributed by atoms with E-state index >= 15 is 0 Å². The first-order valence-electron chi connectivity index (χ1n) is 6.66. The molecule has 6 heteroatoms. The van der Waals surface area contributed by atoms with E-state index in [4.69, 9.17) is 5.73 Å². The monoisotopic (exact) mass is 293 g/mol. The van der Waals surface area contributed by atoms with Gasteiger partial charge in [-0.3, -0.25) is 9.59 Å². The van der Waals surface area contributed by atoms with Gasteiger partial charge in [-0.05, 0) is 36.4 Å². The third-order valence-electron chi connectivity index (χ3n) is 3.15. The number of carbonyl (C=O) groups is 2. The summed E-state index contributed by atoms with van der Waals surface area (Å²) in [5.74, 6) is 1.80. The van der Waals surface area contributed by atoms with Crippen molar-refractivity contribution in [3.63, 3.8) is 0 Å². The molecule has 108 valence electrons. The highest BCUT2D eigenvalue weighted by Gasteiger charge is 2.16. The molecule has 0 unspecified atom stereocenters. The predicted molar refractivity (Wildman–Crippen MR) is 81.7 cm³/mol. The summed E-state index contributed by atoms with van der Waals surface area (Å²) < 4.78 is 0. The fourth-order valence-corrected chi connectivity index (χ4v) is 2.89. The van der Waals surface area contributed by atoms with E-state index in [9.17, 15) is 9.59 Å². The van der Waals surface area contributed by atoms with Gasteiger partial charge in [-0.2, -0.15) is 11.8 Å². The zero-order valence-electron chi connectivity index (χ0n) is 11.3. The Morgan fingerprint density at radius 3 is 2.70 bits per heavy atom. The van der Waals surface area contributed by atoms with Crippen LogP contribution in [0.5, 0.6) is 0 Å². The van der Waals surface area contributed by atoms with Gasteiger partial charge in [-0.25, -0.2) is 0 Å². The highest BCUT2D eigenvalue weighted by molar-refractivity contribution is 7.99. The van der Waals surface area contributed by atoms with Gasteiger partial charge in [-0.15, -0.1) is 0 Å². The Balaban J connectivity index is 1.83. The van der Waals surface area contributed by atoms with E-state index in [1.165, 1.54) is 0 Å². The summed E-state index contributed by atoms with van der Waals surface area (Å²) in [5, 5.41) is 2.66. The van der Waals surface area contributed by atoms with Crippen LogP contribution in [0, 0.1) is 0 Å². The minimum absolute atomic E-state index is 0.0173. The topological polar surface area (TPSA) is 75.4 Å². The van der Waals surface area contributed by atoms with Crippen molar-refractivity contribution in [2.75, 3.05) is 36.9 Å². The molecule has 1 aromatic carbocycles. The van der Waals surface area contributed by atoms with Crippen molar-refractivity contribution in [3.8, 4) is 0 Å². The van der Waals surface area contributed by atoms with E-state index in [2.05, 4.69) is 5.32 Å². The van der Waals surface area contributed by atoms with Gasteiger partial charge < -0.3 is 16.0 Å². The lowest BCUT2D eigenvalue weighted by Gasteiger charge is -2.20. The van der Waals surface area contributed by atoms with Crippen molar-refractivity contribution in [3.05, 3.63) is 29.8 Å². The van der Waals surface area contributed by atoms with Crippen LogP contribution >= 0.6 is 11.8 Å². The first kappa shape index (κ1) is 14.7. The first-order valence-corrected chi connectivity index (χ1v) is 7.81. The number of hydrogen-bond acceptors (Lipinski definition) is 4. The highest BCUT2D eigenvalue weighted by Crippen LogP contribution is 2.10. The van der Waals surface area contributed by atoms with Crippen LogP contribution in [-0.2, 0) is 4.79 Å². The molecule has 0 aromatic heterocycles. The van der Waals surface area contributed by atoms with Crippen molar-refractivity contribution in [2.45, 2.75) is 6.42 Å². The second-order valence-corrected chi connectivity index (χ2v) is 5.88. The van der Waals surface area contributed by atoms with E-state index in [0.29, 0.717) is 11.3 Å². The number of nitrogen functional groups attached to an aromatic ring is 1. The van der Waals surface area contributed by atoms with Gasteiger partial charge in [0.15, 0.2) is 0 Å². The molecule has 0 radical (unpaired) electrons. The van der Waals surface area contributed by atoms with Crippen LogP contribution in [0.25, 0.3) is 0 Å². The van der Waals surface area contributed by atoms with Gasteiger partial charge in [0.05, 0.1) is 6.54 Å². The average molecular weight is 293 g/mol. The first-order chi connectivity index (χ1) is 9.66. The molecular formula is C14H19N3O2S. The van der Waals surface area contributed by atoms with Crippen molar-refractivity contribution in [1.82, 2.24) is 10.2 Å². The van der Waals surface area contributed by atoms with Crippen LogP contribution < -0.4 is 11.1 Å².